The molecule has 4 nitrogen and oxygen atoms in total. The van der Waals surface area contributed by atoms with E-state index in [1.54, 1.807) is 30.5 Å². The third-order valence-electron chi connectivity index (χ3n) is 3.18. The molecule has 0 atom stereocenters. The van der Waals surface area contributed by atoms with Gasteiger partial charge in [-0.05, 0) is 48.5 Å². The van der Waals surface area contributed by atoms with E-state index in [2.05, 4.69) is 0 Å². The molecule has 2 aromatic carbocycles. The van der Waals surface area contributed by atoms with Gasteiger partial charge < -0.3 is 13.9 Å². The highest BCUT2D eigenvalue weighted by atomic mass is 16.5. The van der Waals surface area contributed by atoms with E-state index in [4.69, 9.17) is 13.9 Å². The van der Waals surface area contributed by atoms with E-state index in [-0.39, 0.29) is 0 Å². The Kier molecular flexibility index (Phi) is 3.92. The Balaban J connectivity index is 1.83. The van der Waals surface area contributed by atoms with E-state index in [0.29, 0.717) is 17.1 Å². The number of carbonyl (C=O) groups is 1. The highest BCUT2D eigenvalue weighted by Crippen LogP contribution is 2.28. The summed E-state index contributed by atoms with van der Waals surface area (Å²) < 4.78 is 15.9. The molecule has 110 valence electrons. The topological polar surface area (TPSA) is 48.7 Å². The number of para-hydroxylation sites is 1. The number of esters is 1. The predicted octanol–water partition coefficient (Wildman–Crippen LogP) is 4.53. The van der Waals surface area contributed by atoms with Crippen LogP contribution in [0, 0.1) is 0 Å². The van der Waals surface area contributed by atoms with Gasteiger partial charge in [0.2, 0.25) is 0 Å². The Morgan fingerprint density at radius 2 is 1.73 bits per heavy atom. The lowest BCUT2D eigenvalue weighted by molar-refractivity contribution is 0.0598. The molecule has 0 amide bonds. The van der Waals surface area contributed by atoms with E-state index in [1.807, 2.05) is 36.4 Å². The Morgan fingerprint density at radius 1 is 0.955 bits per heavy atom. The van der Waals surface area contributed by atoms with Crippen LogP contribution >= 0.6 is 0 Å². The van der Waals surface area contributed by atoms with Gasteiger partial charge in [0.1, 0.15) is 22.8 Å². The average molecular weight is 294 g/mol. The van der Waals surface area contributed by atoms with Crippen molar-refractivity contribution in [2.45, 2.75) is 0 Å². The third-order valence-corrected chi connectivity index (χ3v) is 3.18. The first-order valence-corrected chi connectivity index (χ1v) is 6.77. The van der Waals surface area contributed by atoms with E-state index in [0.717, 1.165) is 11.3 Å². The molecule has 0 aliphatic rings. The minimum absolute atomic E-state index is 0.389. The van der Waals surface area contributed by atoms with Crippen molar-refractivity contribution < 1.29 is 18.7 Å². The summed E-state index contributed by atoms with van der Waals surface area (Å²) in [5.41, 5.74) is 1.35. The monoisotopic (exact) mass is 294 g/mol. The van der Waals surface area contributed by atoms with Crippen LogP contribution in [0.25, 0.3) is 11.3 Å². The van der Waals surface area contributed by atoms with Gasteiger partial charge in [0.25, 0.3) is 0 Å². The molecular weight excluding hydrogens is 280 g/mol. The molecule has 22 heavy (non-hydrogen) atoms. The minimum Gasteiger partial charge on any atom is -0.465 e. The van der Waals surface area contributed by atoms with E-state index in [9.17, 15) is 4.79 Å². The van der Waals surface area contributed by atoms with Gasteiger partial charge in [-0.2, -0.15) is 0 Å². The number of ether oxygens (including phenoxy) is 2. The molecule has 0 unspecified atom stereocenters. The second-order valence-corrected chi connectivity index (χ2v) is 4.59. The van der Waals surface area contributed by atoms with Crippen molar-refractivity contribution in [1.29, 1.82) is 0 Å². The Morgan fingerprint density at radius 3 is 2.41 bits per heavy atom. The number of hydrogen-bond acceptors (Lipinski definition) is 4. The first-order valence-electron chi connectivity index (χ1n) is 6.77. The van der Waals surface area contributed by atoms with Crippen LogP contribution in [0.1, 0.15) is 10.4 Å². The molecule has 4 heteroatoms. The second-order valence-electron chi connectivity index (χ2n) is 4.59. The average Bonchev–Trinajstić information content (AvgIpc) is 3.10. The van der Waals surface area contributed by atoms with Gasteiger partial charge in [0.05, 0.1) is 13.4 Å². The van der Waals surface area contributed by atoms with Crippen LogP contribution in [-0.2, 0) is 4.74 Å². The molecule has 0 radical (unpaired) electrons. The van der Waals surface area contributed by atoms with Crippen molar-refractivity contribution in [2.24, 2.45) is 0 Å². The molecule has 0 saturated heterocycles. The SMILES string of the molecule is COC(=O)c1ccccc1Oc1ccc(-c2ccco2)cc1. The first-order chi connectivity index (χ1) is 10.8. The van der Waals surface area contributed by atoms with Crippen molar-refractivity contribution in [3.63, 3.8) is 0 Å². The molecule has 3 aromatic rings. The maximum absolute atomic E-state index is 11.7. The van der Waals surface area contributed by atoms with Gasteiger partial charge in [-0.15, -0.1) is 0 Å². The smallest absolute Gasteiger partial charge is 0.341 e. The van der Waals surface area contributed by atoms with Gasteiger partial charge in [-0.1, -0.05) is 12.1 Å². The molecule has 0 spiro atoms. The zero-order valence-corrected chi connectivity index (χ0v) is 12.0. The summed E-state index contributed by atoms with van der Waals surface area (Å²) >= 11 is 0. The number of methoxy groups -OCH3 is 1. The van der Waals surface area contributed by atoms with Gasteiger partial charge in [-0.25, -0.2) is 4.79 Å². The zero-order valence-electron chi connectivity index (χ0n) is 12.0. The normalized spacial score (nSPS) is 10.2. The summed E-state index contributed by atoms with van der Waals surface area (Å²) in [7, 11) is 1.34. The van der Waals surface area contributed by atoms with Crippen molar-refractivity contribution in [1.82, 2.24) is 0 Å². The number of carbonyl (C=O) groups excluding carboxylic acids is 1. The molecule has 1 heterocycles. The van der Waals surface area contributed by atoms with Crippen LogP contribution in [0.5, 0.6) is 11.5 Å². The van der Waals surface area contributed by atoms with Crippen molar-refractivity contribution in [3.8, 4) is 22.8 Å². The van der Waals surface area contributed by atoms with Crippen LogP contribution in [0.4, 0.5) is 0 Å². The number of rotatable bonds is 4. The minimum atomic E-state index is -0.428. The number of benzene rings is 2. The van der Waals surface area contributed by atoms with E-state index < -0.39 is 5.97 Å². The van der Waals surface area contributed by atoms with Crippen LogP contribution in [0.15, 0.2) is 71.3 Å². The standard InChI is InChI=1S/C18H14O4/c1-20-18(19)15-5-2-3-6-17(15)22-14-10-8-13(9-11-14)16-7-4-12-21-16/h2-12H,1H3. The lowest BCUT2D eigenvalue weighted by atomic mass is 10.1. The lowest BCUT2D eigenvalue weighted by Crippen LogP contribution is -2.03. The fourth-order valence-corrected chi connectivity index (χ4v) is 2.09. The van der Waals surface area contributed by atoms with Gasteiger partial charge in [0.15, 0.2) is 0 Å². The number of furan rings is 1. The Hall–Kier alpha value is -3.01. The molecular formula is C18H14O4. The Labute approximate surface area is 127 Å². The first kappa shape index (κ1) is 13.9. The summed E-state index contributed by atoms with van der Waals surface area (Å²) in [6.45, 7) is 0. The molecule has 0 fully saturated rings. The maximum atomic E-state index is 11.7. The predicted molar refractivity (Wildman–Crippen MR) is 82.0 cm³/mol. The highest BCUT2D eigenvalue weighted by molar-refractivity contribution is 5.92. The second kappa shape index (κ2) is 6.18. The van der Waals surface area contributed by atoms with Crippen LogP contribution in [0.2, 0.25) is 0 Å². The van der Waals surface area contributed by atoms with Crippen LogP contribution in [0.3, 0.4) is 0 Å². The quantitative estimate of drug-likeness (QED) is 0.663. The number of hydrogen-bond donors (Lipinski definition) is 0. The summed E-state index contributed by atoms with van der Waals surface area (Å²) in [6, 6.07) is 18.1. The molecule has 1 aromatic heterocycles. The van der Waals surface area contributed by atoms with Crippen molar-refractivity contribution in [2.75, 3.05) is 7.11 Å². The van der Waals surface area contributed by atoms with E-state index in [1.165, 1.54) is 7.11 Å². The van der Waals surface area contributed by atoms with Crippen LogP contribution in [-0.4, -0.2) is 13.1 Å². The fraction of sp³-hybridized carbons (Fsp3) is 0.0556. The van der Waals surface area contributed by atoms with Crippen LogP contribution < -0.4 is 4.74 Å². The van der Waals surface area contributed by atoms with Gasteiger partial charge in [0, 0.05) is 5.56 Å². The maximum Gasteiger partial charge on any atom is 0.341 e. The molecule has 3 rings (SSSR count). The van der Waals surface area contributed by atoms with E-state index >= 15 is 0 Å². The fourth-order valence-electron chi connectivity index (χ4n) is 2.09. The zero-order chi connectivity index (χ0) is 15.4. The summed E-state index contributed by atoms with van der Waals surface area (Å²) in [5, 5.41) is 0. The molecule has 0 N–H and O–H groups in total. The molecule has 0 saturated carbocycles. The highest BCUT2D eigenvalue weighted by Gasteiger charge is 2.12. The summed E-state index contributed by atoms with van der Waals surface area (Å²) in [5.74, 6) is 1.45. The molecule has 0 aliphatic heterocycles. The molecule has 0 bridgehead atoms. The van der Waals surface area contributed by atoms with Crippen molar-refractivity contribution in [3.05, 3.63) is 72.5 Å². The molecule has 0 aliphatic carbocycles. The third kappa shape index (κ3) is 2.86. The van der Waals surface area contributed by atoms with Crippen molar-refractivity contribution >= 4 is 5.97 Å². The lowest BCUT2D eigenvalue weighted by Gasteiger charge is -2.10. The van der Waals surface area contributed by atoms with Gasteiger partial charge >= 0.3 is 5.97 Å². The van der Waals surface area contributed by atoms with Gasteiger partial charge in [-0.3, -0.25) is 0 Å². The summed E-state index contributed by atoms with van der Waals surface area (Å²) in [4.78, 5) is 11.7. The largest absolute Gasteiger partial charge is 0.465 e. The Bertz CT molecular complexity index is 758. The summed E-state index contributed by atoms with van der Waals surface area (Å²) in [6.07, 6.45) is 1.63.